The molecule has 1 atom stereocenters. The molecule has 0 aliphatic heterocycles. The summed E-state index contributed by atoms with van der Waals surface area (Å²) in [4.78, 5) is 0. The van der Waals surface area contributed by atoms with Gasteiger partial charge in [0, 0.05) is 6.07 Å². The summed E-state index contributed by atoms with van der Waals surface area (Å²) in [6.07, 6.45) is 0. The number of hydrogen-bond acceptors (Lipinski definition) is 4. The first-order chi connectivity index (χ1) is 8.20. The first kappa shape index (κ1) is 11.5. The van der Waals surface area contributed by atoms with E-state index in [4.69, 9.17) is 10.5 Å². The third-order valence-electron chi connectivity index (χ3n) is 2.40. The van der Waals surface area contributed by atoms with Crippen LogP contribution in [0.2, 0.25) is 0 Å². The average molecular weight is 233 g/mol. The lowest BCUT2D eigenvalue weighted by molar-refractivity contribution is 0.390. The summed E-state index contributed by atoms with van der Waals surface area (Å²) in [6, 6.07) is 9.00. The summed E-state index contributed by atoms with van der Waals surface area (Å²) in [6.45, 7) is 0. The normalized spacial score (nSPS) is 12.2. The molecule has 0 amide bonds. The summed E-state index contributed by atoms with van der Waals surface area (Å²) in [5.41, 5.74) is 7.19. The van der Waals surface area contributed by atoms with Gasteiger partial charge in [0.1, 0.15) is 5.82 Å². The second kappa shape index (κ2) is 4.88. The van der Waals surface area contributed by atoms with E-state index in [1.807, 2.05) is 0 Å². The molecule has 0 aliphatic rings. The van der Waals surface area contributed by atoms with Crippen LogP contribution in [0.1, 0.15) is 17.3 Å². The minimum atomic E-state index is -0.496. The molecule has 17 heavy (non-hydrogen) atoms. The number of halogens is 1. The molecule has 88 valence electrons. The van der Waals surface area contributed by atoms with Crippen molar-refractivity contribution in [1.82, 2.24) is 10.2 Å². The molecule has 0 saturated carbocycles. The lowest BCUT2D eigenvalue weighted by atomic mass is 10.0. The van der Waals surface area contributed by atoms with Gasteiger partial charge in [-0.1, -0.05) is 12.1 Å². The molecule has 2 aromatic rings. The molecule has 0 spiro atoms. The molecular weight excluding hydrogens is 221 g/mol. The zero-order chi connectivity index (χ0) is 12.3. The third kappa shape index (κ3) is 2.57. The first-order valence-electron chi connectivity index (χ1n) is 5.09. The first-order valence-corrected chi connectivity index (χ1v) is 5.09. The molecule has 1 heterocycles. The molecule has 0 saturated heterocycles. The standard InChI is InChI=1S/C12H12FN3O/c1-17-11-6-5-10(15-16-11)12(14)8-3-2-4-9(13)7-8/h2-7,12H,14H2,1H3. The quantitative estimate of drug-likeness (QED) is 0.876. The van der Waals surface area contributed by atoms with Crippen LogP contribution in [0.15, 0.2) is 36.4 Å². The van der Waals surface area contributed by atoms with Gasteiger partial charge in [0.25, 0.3) is 0 Å². The highest BCUT2D eigenvalue weighted by Crippen LogP contribution is 2.18. The second-order valence-electron chi connectivity index (χ2n) is 3.53. The lowest BCUT2D eigenvalue weighted by Crippen LogP contribution is -2.14. The van der Waals surface area contributed by atoms with E-state index in [0.29, 0.717) is 17.1 Å². The third-order valence-corrected chi connectivity index (χ3v) is 2.40. The number of methoxy groups -OCH3 is 1. The van der Waals surface area contributed by atoms with Crippen LogP contribution in [0.3, 0.4) is 0 Å². The van der Waals surface area contributed by atoms with E-state index in [-0.39, 0.29) is 5.82 Å². The Morgan fingerprint density at radius 2 is 2.06 bits per heavy atom. The molecule has 4 nitrogen and oxygen atoms in total. The summed E-state index contributed by atoms with van der Waals surface area (Å²) in [5.74, 6) is 0.0969. The Labute approximate surface area is 98.2 Å². The average Bonchev–Trinajstić information content (AvgIpc) is 2.38. The van der Waals surface area contributed by atoms with E-state index in [2.05, 4.69) is 10.2 Å². The van der Waals surface area contributed by atoms with Crippen LogP contribution in [0, 0.1) is 5.82 Å². The molecule has 5 heteroatoms. The Bertz CT molecular complexity index is 501. The molecule has 1 aromatic carbocycles. The second-order valence-corrected chi connectivity index (χ2v) is 3.53. The topological polar surface area (TPSA) is 61.0 Å². The Kier molecular flexibility index (Phi) is 3.30. The van der Waals surface area contributed by atoms with Gasteiger partial charge >= 0.3 is 0 Å². The van der Waals surface area contributed by atoms with Crippen LogP contribution in [0.25, 0.3) is 0 Å². The number of ether oxygens (including phenoxy) is 1. The highest BCUT2D eigenvalue weighted by molar-refractivity contribution is 5.27. The predicted molar refractivity (Wildman–Crippen MR) is 61.0 cm³/mol. The van der Waals surface area contributed by atoms with Gasteiger partial charge in [-0.15, -0.1) is 10.2 Å². The Morgan fingerprint density at radius 1 is 1.24 bits per heavy atom. The van der Waals surface area contributed by atoms with Crippen molar-refractivity contribution in [3.05, 3.63) is 53.5 Å². The van der Waals surface area contributed by atoms with E-state index >= 15 is 0 Å². The molecule has 0 aliphatic carbocycles. The molecule has 1 aromatic heterocycles. The number of aromatic nitrogens is 2. The van der Waals surface area contributed by atoms with Crippen molar-refractivity contribution in [2.45, 2.75) is 6.04 Å². The fourth-order valence-corrected chi connectivity index (χ4v) is 1.48. The van der Waals surface area contributed by atoms with Crippen molar-refractivity contribution in [2.75, 3.05) is 7.11 Å². The highest BCUT2D eigenvalue weighted by Gasteiger charge is 2.11. The van der Waals surface area contributed by atoms with Gasteiger partial charge in [-0.25, -0.2) is 4.39 Å². The summed E-state index contributed by atoms with van der Waals surface area (Å²) in [5, 5.41) is 7.75. The Balaban J connectivity index is 2.27. The zero-order valence-electron chi connectivity index (χ0n) is 9.30. The maximum Gasteiger partial charge on any atom is 0.233 e. The number of hydrogen-bond donors (Lipinski definition) is 1. The summed E-state index contributed by atoms with van der Waals surface area (Å²) >= 11 is 0. The molecule has 2 N–H and O–H groups in total. The van der Waals surface area contributed by atoms with Gasteiger partial charge in [0.15, 0.2) is 0 Å². The van der Waals surface area contributed by atoms with Crippen molar-refractivity contribution in [1.29, 1.82) is 0 Å². The molecular formula is C12H12FN3O. The van der Waals surface area contributed by atoms with E-state index in [1.54, 1.807) is 24.3 Å². The Morgan fingerprint density at radius 3 is 2.65 bits per heavy atom. The maximum absolute atomic E-state index is 13.1. The van der Waals surface area contributed by atoms with Gasteiger partial charge in [0.2, 0.25) is 5.88 Å². The molecule has 0 bridgehead atoms. The van der Waals surface area contributed by atoms with Gasteiger partial charge in [-0.05, 0) is 23.8 Å². The van der Waals surface area contributed by atoms with Crippen molar-refractivity contribution in [3.63, 3.8) is 0 Å². The van der Waals surface area contributed by atoms with Crippen molar-refractivity contribution in [3.8, 4) is 5.88 Å². The van der Waals surface area contributed by atoms with Gasteiger partial charge < -0.3 is 10.5 Å². The van der Waals surface area contributed by atoms with Gasteiger partial charge in [-0.2, -0.15) is 0 Å². The molecule has 2 rings (SSSR count). The number of nitrogens with zero attached hydrogens (tertiary/aromatic N) is 2. The monoisotopic (exact) mass is 233 g/mol. The summed E-state index contributed by atoms with van der Waals surface area (Å²) < 4.78 is 17.9. The largest absolute Gasteiger partial charge is 0.480 e. The van der Waals surface area contributed by atoms with Gasteiger partial charge in [-0.3, -0.25) is 0 Å². The van der Waals surface area contributed by atoms with Crippen LogP contribution in [-0.2, 0) is 0 Å². The van der Waals surface area contributed by atoms with Crippen molar-refractivity contribution < 1.29 is 9.13 Å². The fourth-order valence-electron chi connectivity index (χ4n) is 1.48. The fraction of sp³-hybridized carbons (Fsp3) is 0.167. The van der Waals surface area contributed by atoms with Crippen LogP contribution in [0.4, 0.5) is 4.39 Å². The molecule has 0 radical (unpaired) electrons. The number of benzene rings is 1. The molecule has 1 unspecified atom stereocenters. The smallest absolute Gasteiger partial charge is 0.233 e. The number of rotatable bonds is 3. The van der Waals surface area contributed by atoms with Gasteiger partial charge in [0.05, 0.1) is 18.8 Å². The lowest BCUT2D eigenvalue weighted by Gasteiger charge is -2.11. The molecule has 0 fully saturated rings. The van der Waals surface area contributed by atoms with Crippen LogP contribution in [0.5, 0.6) is 5.88 Å². The zero-order valence-corrected chi connectivity index (χ0v) is 9.30. The minimum Gasteiger partial charge on any atom is -0.480 e. The van der Waals surface area contributed by atoms with E-state index in [9.17, 15) is 4.39 Å². The minimum absolute atomic E-state index is 0.320. The Hall–Kier alpha value is -2.01. The van der Waals surface area contributed by atoms with E-state index in [0.717, 1.165) is 0 Å². The summed E-state index contributed by atoms with van der Waals surface area (Å²) in [7, 11) is 1.51. The van der Waals surface area contributed by atoms with E-state index in [1.165, 1.54) is 19.2 Å². The van der Waals surface area contributed by atoms with Crippen molar-refractivity contribution >= 4 is 0 Å². The highest BCUT2D eigenvalue weighted by atomic mass is 19.1. The van der Waals surface area contributed by atoms with Crippen LogP contribution in [-0.4, -0.2) is 17.3 Å². The SMILES string of the molecule is COc1ccc(C(N)c2cccc(F)c2)nn1. The maximum atomic E-state index is 13.1. The van der Waals surface area contributed by atoms with E-state index < -0.39 is 6.04 Å². The van der Waals surface area contributed by atoms with Crippen LogP contribution < -0.4 is 10.5 Å². The predicted octanol–water partition coefficient (Wildman–Crippen LogP) is 1.67. The number of nitrogens with two attached hydrogens (primary N) is 1. The van der Waals surface area contributed by atoms with Crippen LogP contribution >= 0.6 is 0 Å². The van der Waals surface area contributed by atoms with Crippen molar-refractivity contribution in [2.24, 2.45) is 5.73 Å².